The molecule has 9 heteroatoms. The SMILES string of the molecule is COc1ccc(OC)c(N2CC(c3noc(CNC(=O)c4ccccc4)n3)CC2=O)c1. The third kappa shape index (κ3) is 4.35. The van der Waals surface area contributed by atoms with Crippen molar-refractivity contribution >= 4 is 17.5 Å². The number of carbonyl (C=O) groups is 2. The molecule has 0 bridgehead atoms. The second-order valence-corrected chi connectivity index (χ2v) is 7.04. The molecule has 1 unspecified atom stereocenters. The monoisotopic (exact) mass is 422 g/mol. The first-order valence-electron chi connectivity index (χ1n) is 9.77. The zero-order valence-corrected chi connectivity index (χ0v) is 17.2. The summed E-state index contributed by atoms with van der Waals surface area (Å²) in [6.07, 6.45) is 0.246. The van der Waals surface area contributed by atoms with Crippen molar-refractivity contribution in [3.05, 3.63) is 65.8 Å². The van der Waals surface area contributed by atoms with Crippen LogP contribution in [-0.4, -0.2) is 42.7 Å². The van der Waals surface area contributed by atoms with Crippen molar-refractivity contribution in [2.24, 2.45) is 0 Å². The van der Waals surface area contributed by atoms with Gasteiger partial charge in [-0.15, -0.1) is 0 Å². The van der Waals surface area contributed by atoms with Crippen molar-refractivity contribution in [2.45, 2.75) is 18.9 Å². The Hall–Kier alpha value is -3.88. The van der Waals surface area contributed by atoms with Gasteiger partial charge in [-0.2, -0.15) is 4.98 Å². The normalized spacial score (nSPS) is 15.7. The molecule has 0 saturated carbocycles. The molecule has 9 nitrogen and oxygen atoms in total. The Morgan fingerprint density at radius 1 is 1.19 bits per heavy atom. The number of anilines is 1. The van der Waals surface area contributed by atoms with Crippen LogP contribution in [0, 0.1) is 0 Å². The van der Waals surface area contributed by atoms with Crippen molar-refractivity contribution < 1.29 is 23.6 Å². The van der Waals surface area contributed by atoms with E-state index < -0.39 is 0 Å². The fourth-order valence-corrected chi connectivity index (χ4v) is 3.47. The number of hydrogen-bond donors (Lipinski definition) is 1. The lowest BCUT2D eigenvalue weighted by Crippen LogP contribution is -2.25. The second kappa shape index (κ2) is 8.86. The van der Waals surface area contributed by atoms with Crippen LogP contribution in [-0.2, 0) is 11.3 Å². The molecule has 0 aliphatic carbocycles. The Kier molecular flexibility index (Phi) is 5.83. The van der Waals surface area contributed by atoms with E-state index in [2.05, 4.69) is 15.5 Å². The zero-order chi connectivity index (χ0) is 21.8. The fourth-order valence-electron chi connectivity index (χ4n) is 3.47. The number of ether oxygens (including phenoxy) is 2. The standard InChI is InChI=1S/C22H22N4O5/c1-29-16-8-9-18(30-2)17(11-16)26-13-15(10-20(26)27)21-24-19(31-25-21)12-23-22(28)14-6-4-3-5-7-14/h3-9,11,15H,10,12-13H2,1-2H3,(H,23,28). The average molecular weight is 422 g/mol. The van der Waals surface area contributed by atoms with E-state index in [4.69, 9.17) is 14.0 Å². The number of amides is 2. The molecule has 1 N–H and O–H groups in total. The summed E-state index contributed by atoms with van der Waals surface area (Å²) in [5.41, 5.74) is 1.18. The first-order chi connectivity index (χ1) is 15.1. The van der Waals surface area contributed by atoms with Crippen LogP contribution in [0.3, 0.4) is 0 Å². The maximum absolute atomic E-state index is 12.7. The minimum absolute atomic E-state index is 0.0692. The van der Waals surface area contributed by atoms with E-state index in [1.807, 2.05) is 6.07 Å². The van der Waals surface area contributed by atoms with Gasteiger partial charge in [-0.1, -0.05) is 23.4 Å². The van der Waals surface area contributed by atoms with E-state index in [-0.39, 0.29) is 36.6 Å². The van der Waals surface area contributed by atoms with E-state index in [1.165, 1.54) is 0 Å². The van der Waals surface area contributed by atoms with Crippen LogP contribution in [0.5, 0.6) is 11.5 Å². The maximum Gasteiger partial charge on any atom is 0.251 e. The third-order valence-electron chi connectivity index (χ3n) is 5.09. The summed E-state index contributed by atoms with van der Waals surface area (Å²) >= 11 is 0. The smallest absolute Gasteiger partial charge is 0.251 e. The van der Waals surface area contributed by atoms with Gasteiger partial charge in [-0.05, 0) is 24.3 Å². The highest BCUT2D eigenvalue weighted by Gasteiger charge is 2.36. The van der Waals surface area contributed by atoms with E-state index in [9.17, 15) is 9.59 Å². The van der Waals surface area contributed by atoms with Gasteiger partial charge in [0.2, 0.25) is 11.8 Å². The van der Waals surface area contributed by atoms with Crippen molar-refractivity contribution in [3.8, 4) is 11.5 Å². The molecular formula is C22H22N4O5. The lowest BCUT2D eigenvalue weighted by molar-refractivity contribution is -0.117. The number of benzene rings is 2. The van der Waals surface area contributed by atoms with Gasteiger partial charge >= 0.3 is 0 Å². The van der Waals surface area contributed by atoms with Crippen molar-refractivity contribution in [3.63, 3.8) is 0 Å². The highest BCUT2D eigenvalue weighted by molar-refractivity contribution is 5.98. The van der Waals surface area contributed by atoms with Crippen LogP contribution in [0.2, 0.25) is 0 Å². The molecule has 2 amide bonds. The van der Waals surface area contributed by atoms with Gasteiger partial charge < -0.3 is 24.2 Å². The number of hydrogen-bond acceptors (Lipinski definition) is 7. The van der Waals surface area contributed by atoms with Crippen LogP contribution in [0.1, 0.15) is 34.4 Å². The first kappa shape index (κ1) is 20.4. The minimum atomic E-state index is -0.231. The topological polar surface area (TPSA) is 107 Å². The van der Waals surface area contributed by atoms with Crippen molar-refractivity contribution in [1.82, 2.24) is 15.5 Å². The van der Waals surface area contributed by atoms with Crippen molar-refractivity contribution in [2.75, 3.05) is 25.7 Å². The molecule has 1 aliphatic rings. The lowest BCUT2D eigenvalue weighted by Gasteiger charge is -2.20. The number of carbonyl (C=O) groups excluding carboxylic acids is 2. The highest BCUT2D eigenvalue weighted by Crippen LogP contribution is 2.38. The molecule has 1 fully saturated rings. The van der Waals surface area contributed by atoms with Gasteiger partial charge in [0.15, 0.2) is 5.82 Å². The first-order valence-corrected chi connectivity index (χ1v) is 9.77. The molecule has 1 atom stereocenters. The summed E-state index contributed by atoms with van der Waals surface area (Å²) in [4.78, 5) is 30.9. The number of rotatable bonds is 7. The fraction of sp³-hybridized carbons (Fsp3) is 0.273. The molecule has 0 radical (unpaired) electrons. The maximum atomic E-state index is 12.7. The van der Waals surface area contributed by atoms with Gasteiger partial charge in [0.1, 0.15) is 11.5 Å². The number of methoxy groups -OCH3 is 2. The Morgan fingerprint density at radius 2 is 2.00 bits per heavy atom. The molecule has 31 heavy (non-hydrogen) atoms. The molecule has 2 aromatic carbocycles. The number of nitrogens with one attached hydrogen (secondary N) is 1. The molecule has 160 valence electrons. The van der Waals surface area contributed by atoms with Crippen LogP contribution < -0.4 is 19.7 Å². The molecule has 2 heterocycles. The van der Waals surface area contributed by atoms with Gasteiger partial charge in [0.05, 0.1) is 26.5 Å². The molecule has 3 aromatic rings. The summed E-state index contributed by atoms with van der Waals surface area (Å²) in [6, 6.07) is 14.2. The van der Waals surface area contributed by atoms with Crippen molar-refractivity contribution in [1.29, 1.82) is 0 Å². The number of aromatic nitrogens is 2. The summed E-state index contributed by atoms with van der Waals surface area (Å²) in [7, 11) is 3.12. The average Bonchev–Trinajstić information content (AvgIpc) is 3.44. The molecule has 4 rings (SSSR count). The zero-order valence-electron chi connectivity index (χ0n) is 17.2. The van der Waals surface area contributed by atoms with E-state index in [0.717, 1.165) is 0 Å². The predicted molar refractivity (Wildman–Crippen MR) is 111 cm³/mol. The largest absolute Gasteiger partial charge is 0.497 e. The summed E-state index contributed by atoms with van der Waals surface area (Å²) in [5.74, 6) is 1.39. The summed E-state index contributed by atoms with van der Waals surface area (Å²) in [5, 5.41) is 6.76. The highest BCUT2D eigenvalue weighted by atomic mass is 16.5. The minimum Gasteiger partial charge on any atom is -0.497 e. The lowest BCUT2D eigenvalue weighted by atomic mass is 10.1. The van der Waals surface area contributed by atoms with Crippen LogP contribution in [0.4, 0.5) is 5.69 Å². The van der Waals surface area contributed by atoms with Crippen LogP contribution in [0.15, 0.2) is 53.1 Å². The number of nitrogens with zero attached hydrogens (tertiary/aromatic N) is 3. The van der Waals surface area contributed by atoms with E-state index >= 15 is 0 Å². The Morgan fingerprint density at radius 3 is 2.74 bits per heavy atom. The van der Waals surface area contributed by atoms with Gasteiger partial charge in [-0.25, -0.2) is 0 Å². The Bertz CT molecular complexity index is 1080. The molecule has 1 saturated heterocycles. The van der Waals surface area contributed by atoms with E-state index in [1.54, 1.807) is 61.6 Å². The molecule has 1 aliphatic heterocycles. The molecular weight excluding hydrogens is 400 g/mol. The van der Waals surface area contributed by atoms with Gasteiger partial charge in [0.25, 0.3) is 5.91 Å². The molecule has 1 aromatic heterocycles. The van der Waals surface area contributed by atoms with Gasteiger partial charge in [0, 0.05) is 30.5 Å². The van der Waals surface area contributed by atoms with Crippen LogP contribution >= 0.6 is 0 Å². The second-order valence-electron chi connectivity index (χ2n) is 7.04. The summed E-state index contributed by atoms with van der Waals surface area (Å²) in [6.45, 7) is 0.493. The Balaban J connectivity index is 1.43. The summed E-state index contributed by atoms with van der Waals surface area (Å²) < 4.78 is 15.9. The molecule has 0 spiro atoms. The third-order valence-corrected chi connectivity index (χ3v) is 5.09. The predicted octanol–water partition coefficient (Wildman–Crippen LogP) is 2.54. The van der Waals surface area contributed by atoms with E-state index in [0.29, 0.717) is 35.1 Å². The van der Waals surface area contributed by atoms with Crippen LogP contribution in [0.25, 0.3) is 0 Å². The van der Waals surface area contributed by atoms with Gasteiger partial charge in [-0.3, -0.25) is 9.59 Å². The Labute approximate surface area is 179 Å². The quantitative estimate of drug-likeness (QED) is 0.623.